The normalized spacial score (nSPS) is 20.6. The highest BCUT2D eigenvalue weighted by Gasteiger charge is 2.25. The number of nitrogens with two attached hydrogens (primary N) is 2. The van der Waals surface area contributed by atoms with Crippen molar-refractivity contribution in [2.75, 3.05) is 12.3 Å². The fourth-order valence-electron chi connectivity index (χ4n) is 4.34. The predicted octanol–water partition coefficient (Wildman–Crippen LogP) is 4.42. The molecule has 2 bridgehead atoms. The van der Waals surface area contributed by atoms with Gasteiger partial charge in [0.25, 0.3) is 0 Å². The second-order valence-electron chi connectivity index (χ2n) is 9.23. The zero-order valence-corrected chi connectivity index (χ0v) is 19.7. The number of pyridine rings is 1. The third kappa shape index (κ3) is 4.27. The topological polar surface area (TPSA) is 104 Å². The number of aliphatic imine (C=N–C) groups is 1. The van der Waals surface area contributed by atoms with Gasteiger partial charge in [-0.25, -0.2) is 14.1 Å². The molecule has 2 aliphatic rings. The second-order valence-corrected chi connectivity index (χ2v) is 9.23. The monoisotopic (exact) mass is 460 g/mol. The lowest BCUT2D eigenvalue weighted by Gasteiger charge is -2.23. The number of aryl methyl sites for hydroxylation is 1. The first-order valence-electron chi connectivity index (χ1n) is 11.6. The average molecular weight is 461 g/mol. The number of rotatable bonds is 2. The third-order valence-electron chi connectivity index (χ3n) is 6.34. The molecule has 5 rings (SSSR count). The van der Waals surface area contributed by atoms with Crippen LogP contribution in [-0.2, 0) is 6.42 Å². The quantitative estimate of drug-likeness (QED) is 0.589. The van der Waals surface area contributed by atoms with Crippen molar-refractivity contribution in [1.29, 1.82) is 0 Å². The molecule has 0 amide bonds. The van der Waals surface area contributed by atoms with Gasteiger partial charge in [0.15, 0.2) is 11.6 Å². The molecule has 1 unspecified atom stereocenters. The third-order valence-corrected chi connectivity index (χ3v) is 6.34. The Hall–Kier alpha value is -3.68. The van der Waals surface area contributed by atoms with Crippen LogP contribution in [0.2, 0.25) is 0 Å². The predicted molar refractivity (Wildman–Crippen MR) is 131 cm³/mol. The summed E-state index contributed by atoms with van der Waals surface area (Å²) in [6.45, 7) is 6.43. The number of benzene rings is 1. The van der Waals surface area contributed by atoms with Gasteiger partial charge in [0, 0.05) is 47.3 Å². The van der Waals surface area contributed by atoms with E-state index in [0.717, 1.165) is 40.5 Å². The van der Waals surface area contributed by atoms with Crippen LogP contribution in [0.5, 0.6) is 5.75 Å². The molecule has 3 heterocycles. The average Bonchev–Trinajstić information content (AvgIpc) is 3.55. The Labute approximate surface area is 198 Å². The fourth-order valence-corrected chi connectivity index (χ4v) is 4.34. The van der Waals surface area contributed by atoms with Crippen LogP contribution in [0.1, 0.15) is 55.3 Å². The molecule has 1 atom stereocenters. The van der Waals surface area contributed by atoms with Crippen LogP contribution < -0.4 is 16.2 Å². The summed E-state index contributed by atoms with van der Waals surface area (Å²) in [6.07, 6.45) is 4.12. The summed E-state index contributed by atoms with van der Waals surface area (Å²) in [4.78, 5) is 9.39. The van der Waals surface area contributed by atoms with Crippen molar-refractivity contribution in [2.24, 2.45) is 16.6 Å². The van der Waals surface area contributed by atoms with Crippen LogP contribution in [0.15, 0.2) is 52.8 Å². The number of hydrogen-bond acceptors (Lipinski definition) is 6. The van der Waals surface area contributed by atoms with E-state index in [1.165, 1.54) is 25.0 Å². The maximum Gasteiger partial charge on any atom is 0.166 e. The van der Waals surface area contributed by atoms with Crippen LogP contribution in [0.3, 0.4) is 0 Å². The lowest BCUT2D eigenvalue weighted by Crippen LogP contribution is -2.19. The minimum absolute atomic E-state index is 0.262. The SMILES string of the molecule is CC(N)=C1Cc2cc(C)nn2-c2ccc(F)cc2C(C)Oc2cc(cnc2N)C1=NCC1CC1. The van der Waals surface area contributed by atoms with Gasteiger partial charge in [-0.2, -0.15) is 5.10 Å². The van der Waals surface area contributed by atoms with Gasteiger partial charge in [-0.15, -0.1) is 0 Å². The molecule has 0 spiro atoms. The summed E-state index contributed by atoms with van der Waals surface area (Å²) >= 11 is 0. The van der Waals surface area contributed by atoms with Crippen LogP contribution in [0, 0.1) is 18.7 Å². The van der Waals surface area contributed by atoms with Crippen molar-refractivity contribution >= 4 is 11.5 Å². The summed E-state index contributed by atoms with van der Waals surface area (Å²) in [7, 11) is 0. The van der Waals surface area contributed by atoms with E-state index >= 15 is 0 Å². The number of nitrogens with zero attached hydrogens (tertiary/aromatic N) is 4. The van der Waals surface area contributed by atoms with Gasteiger partial charge < -0.3 is 16.2 Å². The standard InChI is InChI=1S/C26H29FN6O/c1-14-8-20-11-21(15(2)28)25(30-12-17-4-5-17)18-9-24(26(29)31-13-18)34-16(3)22-10-19(27)6-7-23(22)33(20)32-14/h6-10,13,16-17H,4-5,11-12,28H2,1-3H3,(H2,29,31). The highest BCUT2D eigenvalue weighted by Crippen LogP contribution is 2.34. The Morgan fingerprint density at radius 1 is 1.26 bits per heavy atom. The Balaban J connectivity index is 1.76. The molecule has 3 aromatic rings. The van der Waals surface area contributed by atoms with Crippen molar-refractivity contribution in [1.82, 2.24) is 14.8 Å². The van der Waals surface area contributed by atoms with Crippen molar-refractivity contribution in [3.63, 3.8) is 0 Å². The van der Waals surface area contributed by atoms with Crippen molar-refractivity contribution in [2.45, 2.75) is 46.1 Å². The van der Waals surface area contributed by atoms with E-state index in [4.69, 9.17) is 26.3 Å². The molecular weight excluding hydrogens is 431 g/mol. The molecule has 1 aromatic carbocycles. The molecule has 1 saturated carbocycles. The Kier molecular flexibility index (Phi) is 5.59. The molecule has 7 nitrogen and oxygen atoms in total. The first-order valence-corrected chi connectivity index (χ1v) is 11.6. The second kappa shape index (κ2) is 8.59. The van der Waals surface area contributed by atoms with E-state index in [0.29, 0.717) is 29.3 Å². The Morgan fingerprint density at radius 3 is 2.79 bits per heavy atom. The molecular formula is C26H29FN6O. The molecule has 4 N–H and O–H groups in total. The first-order chi connectivity index (χ1) is 16.3. The van der Waals surface area contributed by atoms with E-state index < -0.39 is 6.10 Å². The molecule has 0 radical (unpaired) electrons. The van der Waals surface area contributed by atoms with Crippen LogP contribution in [-0.4, -0.2) is 27.0 Å². The molecule has 176 valence electrons. The number of allylic oxidation sites excluding steroid dienone is 2. The summed E-state index contributed by atoms with van der Waals surface area (Å²) in [5, 5.41) is 4.73. The number of anilines is 1. The lowest BCUT2D eigenvalue weighted by atomic mass is 9.96. The van der Waals surface area contributed by atoms with Gasteiger partial charge in [0.1, 0.15) is 11.9 Å². The van der Waals surface area contributed by atoms with E-state index in [1.54, 1.807) is 12.3 Å². The molecule has 8 heteroatoms. The zero-order valence-electron chi connectivity index (χ0n) is 19.7. The van der Waals surface area contributed by atoms with Crippen LogP contribution in [0.25, 0.3) is 5.69 Å². The van der Waals surface area contributed by atoms with Gasteiger partial charge in [0.2, 0.25) is 0 Å². The fraction of sp³-hybridized carbons (Fsp3) is 0.346. The van der Waals surface area contributed by atoms with E-state index in [2.05, 4.69) is 4.98 Å². The number of hydrogen-bond donors (Lipinski definition) is 2. The molecule has 1 fully saturated rings. The minimum atomic E-state index is -0.500. The first kappa shape index (κ1) is 22.1. The molecule has 1 aliphatic carbocycles. The molecule has 34 heavy (non-hydrogen) atoms. The van der Waals surface area contributed by atoms with Crippen molar-refractivity contribution in [3.05, 3.63) is 76.1 Å². The summed E-state index contributed by atoms with van der Waals surface area (Å²) in [6, 6.07) is 8.52. The van der Waals surface area contributed by atoms with Gasteiger partial charge in [-0.1, -0.05) is 0 Å². The molecule has 0 saturated heterocycles. The number of fused-ring (bicyclic) bond motifs is 5. The minimum Gasteiger partial charge on any atom is -0.482 e. The number of halogens is 1. The smallest absolute Gasteiger partial charge is 0.166 e. The van der Waals surface area contributed by atoms with Crippen molar-refractivity contribution in [3.8, 4) is 11.4 Å². The zero-order chi connectivity index (χ0) is 24.0. The van der Waals surface area contributed by atoms with Gasteiger partial charge in [0.05, 0.1) is 17.1 Å². The number of ether oxygens (including phenoxy) is 1. The van der Waals surface area contributed by atoms with Crippen molar-refractivity contribution < 1.29 is 9.13 Å². The lowest BCUT2D eigenvalue weighted by molar-refractivity contribution is 0.226. The highest BCUT2D eigenvalue weighted by molar-refractivity contribution is 6.13. The maximum atomic E-state index is 14.3. The summed E-state index contributed by atoms with van der Waals surface area (Å²) < 4.78 is 22.4. The van der Waals surface area contributed by atoms with Crippen LogP contribution in [0.4, 0.5) is 10.2 Å². The maximum absolute atomic E-state index is 14.3. The van der Waals surface area contributed by atoms with E-state index in [1.807, 2.05) is 37.6 Å². The molecule has 1 aliphatic heterocycles. The van der Waals surface area contributed by atoms with Gasteiger partial charge in [-0.3, -0.25) is 4.99 Å². The molecule has 2 aromatic heterocycles. The Morgan fingerprint density at radius 2 is 2.06 bits per heavy atom. The number of nitrogen functional groups attached to an aromatic ring is 1. The summed E-state index contributed by atoms with van der Waals surface area (Å²) in [5.74, 6) is 0.947. The van der Waals surface area contributed by atoms with Crippen LogP contribution >= 0.6 is 0 Å². The van der Waals surface area contributed by atoms with Gasteiger partial charge in [-0.05, 0) is 69.9 Å². The number of aromatic nitrogens is 3. The Bertz CT molecular complexity index is 1320. The highest BCUT2D eigenvalue weighted by atomic mass is 19.1. The summed E-state index contributed by atoms with van der Waals surface area (Å²) in [5.41, 5.74) is 19.0. The largest absolute Gasteiger partial charge is 0.482 e. The van der Waals surface area contributed by atoms with Gasteiger partial charge >= 0.3 is 0 Å². The van der Waals surface area contributed by atoms with E-state index in [-0.39, 0.29) is 11.6 Å². The van der Waals surface area contributed by atoms with E-state index in [9.17, 15) is 4.39 Å².